The second-order valence-corrected chi connectivity index (χ2v) is 5.58. The van der Waals surface area contributed by atoms with Crippen molar-refractivity contribution in [2.75, 3.05) is 5.32 Å². The van der Waals surface area contributed by atoms with Gasteiger partial charge < -0.3 is 14.2 Å². The zero-order valence-electron chi connectivity index (χ0n) is 13.9. The molecular formula is C18H17N3O4. The van der Waals surface area contributed by atoms with E-state index in [1.807, 2.05) is 6.92 Å². The van der Waals surface area contributed by atoms with Crippen molar-refractivity contribution in [1.82, 2.24) is 10.2 Å². The Bertz CT molecular complexity index is 910. The van der Waals surface area contributed by atoms with Gasteiger partial charge in [-0.1, -0.05) is 12.1 Å². The van der Waals surface area contributed by atoms with E-state index in [4.69, 9.17) is 8.83 Å². The first-order valence-electron chi connectivity index (χ1n) is 7.80. The van der Waals surface area contributed by atoms with Gasteiger partial charge in [0.05, 0.1) is 11.8 Å². The van der Waals surface area contributed by atoms with Crippen LogP contribution in [0, 0.1) is 6.92 Å². The fraction of sp³-hybridized carbons (Fsp3) is 0.222. The average molecular weight is 339 g/mol. The van der Waals surface area contributed by atoms with Crippen molar-refractivity contribution in [1.29, 1.82) is 0 Å². The lowest BCUT2D eigenvalue weighted by molar-refractivity contribution is -0.116. The summed E-state index contributed by atoms with van der Waals surface area (Å²) in [4.78, 5) is 23.4. The normalized spacial score (nSPS) is 10.6. The number of anilines is 1. The number of furan rings is 1. The molecule has 7 nitrogen and oxygen atoms in total. The van der Waals surface area contributed by atoms with Crippen LogP contribution in [0.1, 0.15) is 35.4 Å². The first kappa shape index (κ1) is 16.6. The van der Waals surface area contributed by atoms with Crippen molar-refractivity contribution in [3.63, 3.8) is 0 Å². The van der Waals surface area contributed by atoms with Crippen molar-refractivity contribution < 1.29 is 18.4 Å². The Labute approximate surface area is 144 Å². The maximum absolute atomic E-state index is 12.1. The smallest absolute Gasteiger partial charge is 0.251 e. The van der Waals surface area contributed by atoms with Crippen molar-refractivity contribution >= 4 is 17.4 Å². The Morgan fingerprint density at radius 1 is 1.20 bits per heavy atom. The van der Waals surface area contributed by atoms with E-state index in [-0.39, 0.29) is 18.1 Å². The lowest BCUT2D eigenvalue weighted by Gasteiger charge is -2.05. The molecule has 0 spiro atoms. The summed E-state index contributed by atoms with van der Waals surface area (Å²) >= 11 is 0. The summed E-state index contributed by atoms with van der Waals surface area (Å²) in [5, 5.41) is 10.7. The first-order chi connectivity index (χ1) is 12.0. The fourth-order valence-electron chi connectivity index (χ4n) is 2.33. The molecule has 3 rings (SSSR count). The minimum atomic E-state index is -0.194. The highest BCUT2D eigenvalue weighted by atomic mass is 16.4. The van der Waals surface area contributed by atoms with Crippen molar-refractivity contribution in [2.45, 2.75) is 26.7 Å². The van der Waals surface area contributed by atoms with Gasteiger partial charge in [0, 0.05) is 24.1 Å². The molecule has 2 aromatic heterocycles. The molecule has 0 unspecified atom stereocenters. The Kier molecular flexibility index (Phi) is 4.74. The minimum absolute atomic E-state index is 0.0518. The number of carbonyl (C=O) groups is 2. The van der Waals surface area contributed by atoms with Crippen molar-refractivity contribution in [2.24, 2.45) is 0 Å². The van der Waals surface area contributed by atoms with Crippen LogP contribution in [0.25, 0.3) is 11.5 Å². The number of ketones is 1. The van der Waals surface area contributed by atoms with Gasteiger partial charge in [0.25, 0.3) is 5.89 Å². The predicted octanol–water partition coefficient (Wildman–Crippen LogP) is 3.41. The highest BCUT2D eigenvalue weighted by Gasteiger charge is 2.14. The van der Waals surface area contributed by atoms with Crippen LogP contribution in [0.4, 0.5) is 5.69 Å². The molecule has 128 valence electrons. The summed E-state index contributed by atoms with van der Waals surface area (Å²) in [5.41, 5.74) is 1.87. The van der Waals surface area contributed by atoms with Crippen LogP contribution in [0.2, 0.25) is 0 Å². The number of hydrogen-bond donors (Lipinski definition) is 1. The molecule has 2 heterocycles. The third-order valence-corrected chi connectivity index (χ3v) is 3.67. The van der Waals surface area contributed by atoms with E-state index in [9.17, 15) is 9.59 Å². The summed E-state index contributed by atoms with van der Waals surface area (Å²) in [5.74, 6) is 1.20. The van der Waals surface area contributed by atoms with E-state index in [1.165, 1.54) is 6.92 Å². The molecule has 0 atom stereocenters. The largest absolute Gasteiger partial charge is 0.469 e. The van der Waals surface area contributed by atoms with Gasteiger partial charge in [-0.2, -0.15) is 0 Å². The molecule has 0 saturated carbocycles. The highest BCUT2D eigenvalue weighted by molar-refractivity contribution is 5.97. The van der Waals surface area contributed by atoms with Crippen LogP contribution in [0.5, 0.6) is 0 Å². The molecule has 0 bridgehead atoms. The first-order valence-corrected chi connectivity index (χ1v) is 7.80. The molecule has 25 heavy (non-hydrogen) atoms. The summed E-state index contributed by atoms with van der Waals surface area (Å²) in [6.45, 7) is 3.29. The number of hydrogen-bond acceptors (Lipinski definition) is 6. The van der Waals surface area contributed by atoms with Crippen LogP contribution < -0.4 is 5.32 Å². The monoisotopic (exact) mass is 339 g/mol. The lowest BCUT2D eigenvalue weighted by atomic mass is 10.1. The molecule has 0 aliphatic carbocycles. The lowest BCUT2D eigenvalue weighted by Crippen LogP contribution is -2.12. The van der Waals surface area contributed by atoms with Gasteiger partial charge in [-0.3, -0.25) is 9.59 Å². The number of carbonyl (C=O) groups excluding carboxylic acids is 2. The van der Waals surface area contributed by atoms with Crippen LogP contribution in [-0.2, 0) is 11.2 Å². The molecule has 0 saturated heterocycles. The van der Waals surface area contributed by atoms with Gasteiger partial charge in [0.2, 0.25) is 11.8 Å². The third-order valence-electron chi connectivity index (χ3n) is 3.67. The quantitative estimate of drug-likeness (QED) is 0.691. The Hall–Kier alpha value is -3.22. The standard InChI is InChI=1S/C18H17N3O4/c1-11(22)13-4-3-5-14(10-13)19-16(23)6-7-17-20-21-18(25-17)15-8-9-24-12(15)2/h3-5,8-10H,6-7H2,1-2H3,(H,19,23). The highest BCUT2D eigenvalue weighted by Crippen LogP contribution is 2.23. The van der Waals surface area contributed by atoms with Gasteiger partial charge in [0.1, 0.15) is 5.76 Å². The molecule has 1 amide bonds. The molecule has 7 heteroatoms. The Morgan fingerprint density at radius 3 is 2.76 bits per heavy atom. The number of benzene rings is 1. The molecule has 1 N–H and O–H groups in total. The molecule has 0 fully saturated rings. The zero-order valence-corrected chi connectivity index (χ0v) is 13.9. The van der Waals surface area contributed by atoms with Crippen LogP contribution in [0.15, 0.2) is 45.4 Å². The van der Waals surface area contributed by atoms with Crippen molar-refractivity contribution in [3.05, 3.63) is 53.8 Å². The van der Waals surface area contributed by atoms with Crippen molar-refractivity contribution in [3.8, 4) is 11.5 Å². The number of rotatable bonds is 6. The number of nitrogens with zero attached hydrogens (tertiary/aromatic N) is 2. The number of nitrogens with one attached hydrogen (secondary N) is 1. The third kappa shape index (κ3) is 4.00. The van der Waals surface area contributed by atoms with E-state index in [0.717, 1.165) is 5.56 Å². The zero-order chi connectivity index (χ0) is 17.8. The van der Waals surface area contributed by atoms with Gasteiger partial charge in [-0.25, -0.2) is 0 Å². The maximum atomic E-state index is 12.1. The van der Waals surface area contributed by atoms with Crippen LogP contribution in [0.3, 0.4) is 0 Å². The molecule has 3 aromatic rings. The molecule has 1 aromatic carbocycles. The number of amides is 1. The van der Waals surface area contributed by atoms with Gasteiger partial charge in [-0.05, 0) is 32.0 Å². The topological polar surface area (TPSA) is 98.2 Å². The second kappa shape index (κ2) is 7.12. The van der Waals surface area contributed by atoms with E-state index >= 15 is 0 Å². The SMILES string of the molecule is CC(=O)c1cccc(NC(=O)CCc2nnc(-c3ccoc3C)o2)c1. The minimum Gasteiger partial charge on any atom is -0.469 e. The number of Topliss-reactive ketones (excluding diaryl/α,β-unsaturated/α-hetero) is 1. The average Bonchev–Trinajstić information content (AvgIpc) is 3.21. The Balaban J connectivity index is 1.58. The summed E-state index contributed by atoms with van der Waals surface area (Å²) in [6, 6.07) is 8.56. The van der Waals surface area contributed by atoms with Crippen LogP contribution >= 0.6 is 0 Å². The van der Waals surface area contributed by atoms with Gasteiger partial charge >= 0.3 is 0 Å². The van der Waals surface area contributed by atoms with Gasteiger partial charge in [0.15, 0.2) is 5.78 Å². The van der Waals surface area contributed by atoms with E-state index in [1.54, 1.807) is 36.6 Å². The summed E-state index contributed by atoms with van der Waals surface area (Å²) in [7, 11) is 0. The molecule has 0 aliphatic rings. The van der Waals surface area contributed by atoms with Crippen LogP contribution in [-0.4, -0.2) is 21.9 Å². The fourth-order valence-corrected chi connectivity index (χ4v) is 2.33. The van der Waals surface area contributed by atoms with Gasteiger partial charge in [-0.15, -0.1) is 10.2 Å². The number of aromatic nitrogens is 2. The summed E-state index contributed by atoms with van der Waals surface area (Å²) < 4.78 is 10.8. The van der Waals surface area contributed by atoms with E-state index in [2.05, 4.69) is 15.5 Å². The van der Waals surface area contributed by atoms with E-state index < -0.39 is 0 Å². The second-order valence-electron chi connectivity index (χ2n) is 5.58. The number of aryl methyl sites for hydroxylation is 2. The Morgan fingerprint density at radius 2 is 2.04 bits per heavy atom. The molecular weight excluding hydrogens is 322 g/mol. The maximum Gasteiger partial charge on any atom is 0.251 e. The predicted molar refractivity (Wildman–Crippen MR) is 90.1 cm³/mol. The van der Waals surface area contributed by atoms with E-state index in [0.29, 0.717) is 35.2 Å². The molecule has 0 aliphatic heterocycles. The summed E-state index contributed by atoms with van der Waals surface area (Å²) in [6.07, 6.45) is 2.07. The molecule has 0 radical (unpaired) electrons.